The fourth-order valence-corrected chi connectivity index (χ4v) is 4.84. The number of carbonyl (C=O) groups excluding carboxylic acids is 1. The number of benzene rings is 1. The van der Waals surface area contributed by atoms with Crippen molar-refractivity contribution in [1.82, 2.24) is 19.7 Å². The van der Waals surface area contributed by atoms with Crippen LogP contribution in [0.2, 0.25) is 0 Å². The van der Waals surface area contributed by atoms with Crippen LogP contribution in [-0.4, -0.2) is 31.4 Å². The topological polar surface area (TPSA) is 81.9 Å². The van der Waals surface area contributed by atoms with E-state index in [4.69, 9.17) is 4.74 Å². The van der Waals surface area contributed by atoms with Crippen LogP contribution in [0.5, 0.6) is 5.75 Å². The van der Waals surface area contributed by atoms with E-state index in [-0.39, 0.29) is 17.7 Å². The van der Waals surface area contributed by atoms with Gasteiger partial charge in [-0.1, -0.05) is 57.5 Å². The summed E-state index contributed by atoms with van der Waals surface area (Å²) in [5, 5.41) is 14.8. The third-order valence-corrected chi connectivity index (χ3v) is 6.92. The molecule has 1 atom stereocenters. The van der Waals surface area contributed by atoms with Gasteiger partial charge in [-0.05, 0) is 43.4 Å². The Hall–Kier alpha value is -2.39. The van der Waals surface area contributed by atoms with Gasteiger partial charge in [-0.2, -0.15) is 0 Å². The number of hydrogen-bond acceptors (Lipinski definition) is 7. The Kier molecular flexibility index (Phi) is 9.75. The van der Waals surface area contributed by atoms with Crippen molar-refractivity contribution in [3.63, 3.8) is 0 Å². The van der Waals surface area contributed by atoms with E-state index in [0.29, 0.717) is 17.7 Å². The molecule has 7 nitrogen and oxygen atoms in total. The Morgan fingerprint density at radius 2 is 1.97 bits per heavy atom. The molecule has 1 amide bonds. The molecule has 2 aromatic heterocycles. The number of aryl methyl sites for hydroxylation is 1. The van der Waals surface area contributed by atoms with Gasteiger partial charge in [0.25, 0.3) is 0 Å². The van der Waals surface area contributed by atoms with Gasteiger partial charge < -0.3 is 14.6 Å². The summed E-state index contributed by atoms with van der Waals surface area (Å²) in [6.07, 6.45) is 6.00. The lowest BCUT2D eigenvalue weighted by atomic mass is 10.0. The summed E-state index contributed by atoms with van der Waals surface area (Å²) < 4.78 is 8.14. The van der Waals surface area contributed by atoms with Gasteiger partial charge in [0.15, 0.2) is 16.1 Å². The van der Waals surface area contributed by atoms with Crippen LogP contribution >= 0.6 is 23.1 Å². The van der Waals surface area contributed by atoms with Gasteiger partial charge in [-0.15, -0.1) is 21.5 Å². The Morgan fingerprint density at radius 3 is 2.64 bits per heavy atom. The zero-order valence-corrected chi connectivity index (χ0v) is 21.4. The molecule has 0 radical (unpaired) electrons. The van der Waals surface area contributed by atoms with Crippen molar-refractivity contribution in [3.05, 3.63) is 47.2 Å². The molecule has 0 aliphatic heterocycles. The summed E-state index contributed by atoms with van der Waals surface area (Å²) in [6, 6.07) is 8.35. The fraction of sp³-hybridized carbons (Fsp3) is 0.500. The number of nitrogens with zero attached hydrogens (tertiary/aromatic N) is 4. The molecule has 0 spiro atoms. The van der Waals surface area contributed by atoms with E-state index >= 15 is 0 Å². The number of anilines is 1. The van der Waals surface area contributed by atoms with Gasteiger partial charge in [-0.3, -0.25) is 4.79 Å². The number of nitrogens with one attached hydrogen (secondary N) is 1. The van der Waals surface area contributed by atoms with E-state index in [2.05, 4.69) is 64.9 Å². The van der Waals surface area contributed by atoms with E-state index < -0.39 is 0 Å². The highest BCUT2D eigenvalue weighted by molar-refractivity contribution is 7.99. The quantitative estimate of drug-likeness (QED) is 0.298. The lowest BCUT2D eigenvalue weighted by Crippen LogP contribution is -2.16. The summed E-state index contributed by atoms with van der Waals surface area (Å²) in [7, 11) is 0. The molecule has 9 heteroatoms. The maximum Gasteiger partial charge on any atom is 0.236 e. The average molecular weight is 488 g/mol. The largest absolute Gasteiger partial charge is 0.486 e. The highest BCUT2D eigenvalue weighted by Gasteiger charge is 2.20. The normalized spacial score (nSPS) is 12.2. The molecule has 1 aromatic carbocycles. The number of hydrogen-bond donors (Lipinski definition) is 1. The van der Waals surface area contributed by atoms with Crippen molar-refractivity contribution in [1.29, 1.82) is 0 Å². The molecule has 0 saturated carbocycles. The number of aromatic nitrogens is 4. The number of amides is 1. The molecule has 0 aliphatic rings. The minimum atomic E-state index is -0.106. The molecule has 1 N–H and O–H groups in total. The molecule has 3 aromatic rings. The number of thiazole rings is 1. The third kappa shape index (κ3) is 7.85. The highest BCUT2D eigenvalue weighted by atomic mass is 32.2. The van der Waals surface area contributed by atoms with Gasteiger partial charge in [0, 0.05) is 17.6 Å². The van der Waals surface area contributed by atoms with Crippen LogP contribution in [0.15, 0.2) is 41.0 Å². The van der Waals surface area contributed by atoms with Crippen LogP contribution < -0.4 is 10.1 Å². The smallest absolute Gasteiger partial charge is 0.236 e. The van der Waals surface area contributed by atoms with Gasteiger partial charge >= 0.3 is 0 Å². The molecular weight excluding hydrogens is 454 g/mol. The number of thioether (sulfide) groups is 1. The number of ether oxygens (including phenoxy) is 1. The first-order valence-corrected chi connectivity index (χ1v) is 13.3. The maximum atomic E-state index is 12.3. The molecule has 0 unspecified atom stereocenters. The number of carbonyl (C=O) groups is 1. The Labute approximate surface area is 204 Å². The standard InChI is InChI=1S/C24H33N5O2S2/c1-5-19-9-11-20(12-10-19)31-15-21-27-28-24(29(21)18(4)8-6-7-17(2)3)33-16-22(30)26-23-25-13-14-32-23/h9-14,17-18H,5-8,15-16H2,1-4H3,(H,25,26,30)/t18-/m0/s1. The summed E-state index contributed by atoms with van der Waals surface area (Å²) in [5.41, 5.74) is 1.28. The van der Waals surface area contributed by atoms with Crippen molar-refractivity contribution >= 4 is 34.1 Å². The first kappa shape index (κ1) is 25.2. The first-order chi connectivity index (χ1) is 16.0. The zero-order valence-electron chi connectivity index (χ0n) is 19.8. The van der Waals surface area contributed by atoms with Gasteiger partial charge in [0.2, 0.25) is 5.91 Å². The minimum absolute atomic E-state index is 0.106. The van der Waals surface area contributed by atoms with Crippen molar-refractivity contribution < 1.29 is 9.53 Å². The highest BCUT2D eigenvalue weighted by Crippen LogP contribution is 2.27. The van der Waals surface area contributed by atoms with Gasteiger partial charge in [0.05, 0.1) is 5.75 Å². The SMILES string of the molecule is CCc1ccc(OCc2nnc(SCC(=O)Nc3nccs3)n2[C@@H](C)CCCC(C)C)cc1. The van der Waals surface area contributed by atoms with E-state index in [1.165, 1.54) is 35.1 Å². The molecule has 0 saturated heterocycles. The second-order valence-corrected chi connectivity index (χ2v) is 10.2. The molecule has 0 aliphatic carbocycles. The predicted molar refractivity (Wildman–Crippen MR) is 135 cm³/mol. The molecule has 178 valence electrons. The lowest BCUT2D eigenvalue weighted by molar-refractivity contribution is -0.113. The molecular formula is C24H33N5O2S2. The lowest BCUT2D eigenvalue weighted by Gasteiger charge is -2.19. The van der Waals surface area contributed by atoms with Crippen LogP contribution in [0.25, 0.3) is 0 Å². The van der Waals surface area contributed by atoms with Gasteiger partial charge in [0.1, 0.15) is 12.4 Å². The molecule has 0 fully saturated rings. The third-order valence-electron chi connectivity index (χ3n) is 5.29. The fourth-order valence-electron chi connectivity index (χ4n) is 3.44. The minimum Gasteiger partial charge on any atom is -0.486 e. The van der Waals surface area contributed by atoms with Crippen molar-refractivity contribution in [2.45, 2.75) is 71.2 Å². The van der Waals surface area contributed by atoms with E-state index in [1.807, 2.05) is 17.5 Å². The molecule has 0 bridgehead atoms. The van der Waals surface area contributed by atoms with Crippen LogP contribution in [0.3, 0.4) is 0 Å². The monoisotopic (exact) mass is 487 g/mol. The van der Waals surface area contributed by atoms with E-state index in [1.54, 1.807) is 6.20 Å². The molecule has 2 heterocycles. The summed E-state index contributed by atoms with van der Waals surface area (Å²) in [6.45, 7) is 9.14. The maximum absolute atomic E-state index is 12.3. The number of rotatable bonds is 13. The van der Waals surface area contributed by atoms with Crippen LogP contribution in [0.1, 0.15) is 64.4 Å². The zero-order chi connectivity index (χ0) is 23.6. The van der Waals surface area contributed by atoms with Crippen molar-refractivity contribution in [3.8, 4) is 5.75 Å². The summed E-state index contributed by atoms with van der Waals surface area (Å²) in [5.74, 6) is 2.40. The summed E-state index contributed by atoms with van der Waals surface area (Å²) in [4.78, 5) is 16.4. The van der Waals surface area contributed by atoms with Crippen LogP contribution in [-0.2, 0) is 17.8 Å². The first-order valence-electron chi connectivity index (χ1n) is 11.4. The average Bonchev–Trinajstić information content (AvgIpc) is 3.46. The Morgan fingerprint density at radius 1 is 1.18 bits per heavy atom. The molecule has 33 heavy (non-hydrogen) atoms. The second-order valence-electron chi connectivity index (χ2n) is 8.40. The van der Waals surface area contributed by atoms with Crippen molar-refractivity contribution in [2.75, 3.05) is 11.1 Å². The Balaban J connectivity index is 1.67. The van der Waals surface area contributed by atoms with E-state index in [0.717, 1.165) is 36.0 Å². The summed E-state index contributed by atoms with van der Waals surface area (Å²) >= 11 is 2.79. The second kappa shape index (κ2) is 12.7. The van der Waals surface area contributed by atoms with Crippen molar-refractivity contribution in [2.24, 2.45) is 5.92 Å². The Bertz CT molecular complexity index is 987. The van der Waals surface area contributed by atoms with E-state index in [9.17, 15) is 4.79 Å². The van der Waals surface area contributed by atoms with Crippen LogP contribution in [0.4, 0.5) is 5.13 Å². The molecule has 3 rings (SSSR count). The van der Waals surface area contributed by atoms with Gasteiger partial charge in [-0.25, -0.2) is 4.98 Å². The van der Waals surface area contributed by atoms with Crippen LogP contribution in [0, 0.1) is 5.92 Å². The predicted octanol–water partition coefficient (Wildman–Crippen LogP) is 5.99.